The van der Waals surface area contributed by atoms with Crippen molar-refractivity contribution in [2.45, 2.75) is 5.60 Å². The Morgan fingerprint density at radius 1 is 0.394 bits per heavy atom. The van der Waals surface area contributed by atoms with Crippen LogP contribution in [0.3, 0.4) is 0 Å². The van der Waals surface area contributed by atoms with E-state index in [1.54, 1.807) is 0 Å². The fourth-order valence-corrected chi connectivity index (χ4v) is 4.12. The summed E-state index contributed by atoms with van der Waals surface area (Å²) in [5.41, 5.74) is 2.04. The van der Waals surface area contributed by atoms with Gasteiger partial charge in [-0.3, -0.25) is 0 Å². The lowest BCUT2D eigenvalue weighted by molar-refractivity contribution is 0.152. The summed E-state index contributed by atoms with van der Waals surface area (Å²) in [6.45, 7) is 0. The zero-order valence-corrected chi connectivity index (χ0v) is 18.2. The van der Waals surface area contributed by atoms with Crippen LogP contribution in [0.15, 0.2) is 146 Å². The number of para-hydroxylation sites is 3. The highest BCUT2D eigenvalue weighted by molar-refractivity contribution is 5.55. The van der Waals surface area contributed by atoms with Crippen molar-refractivity contribution < 1.29 is 9.47 Å². The van der Waals surface area contributed by atoms with Crippen molar-refractivity contribution in [2.24, 2.45) is 0 Å². The summed E-state index contributed by atoms with van der Waals surface area (Å²) in [4.78, 5) is 0. The van der Waals surface area contributed by atoms with Crippen LogP contribution in [0.5, 0.6) is 17.2 Å². The molecule has 0 N–H and O–H groups in total. The lowest BCUT2D eigenvalue weighted by Gasteiger charge is -2.37. The zero-order valence-electron chi connectivity index (χ0n) is 18.2. The van der Waals surface area contributed by atoms with Crippen molar-refractivity contribution in [3.05, 3.63) is 162 Å². The van der Waals surface area contributed by atoms with Gasteiger partial charge in [-0.25, -0.2) is 0 Å². The van der Waals surface area contributed by atoms with Gasteiger partial charge < -0.3 is 9.47 Å². The van der Waals surface area contributed by atoms with Gasteiger partial charge in [-0.2, -0.15) is 0 Å². The van der Waals surface area contributed by atoms with E-state index >= 15 is 0 Å². The minimum atomic E-state index is -0.921. The molecule has 0 saturated carbocycles. The number of hydrogen-bond acceptors (Lipinski definition) is 2. The van der Waals surface area contributed by atoms with Gasteiger partial charge in [-0.05, 0) is 30.3 Å². The predicted octanol–water partition coefficient (Wildman–Crippen LogP) is 7.85. The van der Waals surface area contributed by atoms with Gasteiger partial charge in [0.25, 0.3) is 0 Å². The van der Waals surface area contributed by atoms with Crippen molar-refractivity contribution in [2.75, 3.05) is 0 Å². The van der Waals surface area contributed by atoms with E-state index in [0.29, 0.717) is 0 Å². The first-order chi connectivity index (χ1) is 16.4. The highest BCUT2D eigenvalue weighted by atomic mass is 16.5. The van der Waals surface area contributed by atoms with Gasteiger partial charge in [0.05, 0.1) is 0 Å². The van der Waals surface area contributed by atoms with Crippen LogP contribution >= 0.6 is 0 Å². The van der Waals surface area contributed by atoms with E-state index in [4.69, 9.17) is 9.47 Å². The molecular formula is C31H24O2. The molecule has 0 atom stereocenters. The van der Waals surface area contributed by atoms with E-state index in [9.17, 15) is 0 Å². The molecule has 0 saturated heterocycles. The van der Waals surface area contributed by atoms with Crippen molar-refractivity contribution >= 4 is 0 Å². The highest BCUT2D eigenvalue weighted by Gasteiger charge is 2.41. The molecule has 0 aliphatic carbocycles. The van der Waals surface area contributed by atoms with Gasteiger partial charge in [0, 0.05) is 16.7 Å². The zero-order chi connectivity index (χ0) is 22.3. The topological polar surface area (TPSA) is 18.5 Å². The fraction of sp³-hybridized carbons (Fsp3) is 0.0323. The van der Waals surface area contributed by atoms with Crippen LogP contribution in [0.1, 0.15) is 16.7 Å². The van der Waals surface area contributed by atoms with Crippen LogP contribution in [0.2, 0.25) is 0 Å². The second-order valence-electron chi connectivity index (χ2n) is 7.74. The second-order valence-corrected chi connectivity index (χ2v) is 7.74. The molecule has 0 heterocycles. The van der Waals surface area contributed by atoms with Gasteiger partial charge in [-0.1, -0.05) is 115 Å². The summed E-state index contributed by atoms with van der Waals surface area (Å²) in [7, 11) is 0. The van der Waals surface area contributed by atoms with Crippen LogP contribution in [0.4, 0.5) is 0 Å². The fourth-order valence-electron chi connectivity index (χ4n) is 4.12. The first-order valence-corrected chi connectivity index (χ1v) is 11.0. The molecule has 0 radical (unpaired) electrons. The van der Waals surface area contributed by atoms with Crippen molar-refractivity contribution in [3.63, 3.8) is 0 Å². The maximum atomic E-state index is 6.96. The summed E-state index contributed by atoms with van der Waals surface area (Å²) in [5.74, 6) is 2.30. The molecule has 2 nitrogen and oxygen atoms in total. The third kappa shape index (κ3) is 4.24. The van der Waals surface area contributed by atoms with Gasteiger partial charge in [0.1, 0.15) is 17.2 Å². The summed E-state index contributed by atoms with van der Waals surface area (Å²) in [5, 5.41) is 0. The number of ether oxygens (including phenoxy) is 2. The Morgan fingerprint density at radius 3 is 1.36 bits per heavy atom. The standard InChI is InChI=1S/C31H24O2/c1-5-15-25(16-6-1)31(26-17-7-2-8-18-26,33-28-21-11-4-12-22-28)29-23-13-14-24-30(29)32-27-19-9-3-10-20-27/h1-24H. The van der Waals surface area contributed by atoms with Crippen LogP contribution < -0.4 is 9.47 Å². The van der Waals surface area contributed by atoms with E-state index in [2.05, 4.69) is 30.3 Å². The van der Waals surface area contributed by atoms with E-state index in [-0.39, 0.29) is 0 Å². The minimum Gasteiger partial charge on any atom is -0.473 e. The van der Waals surface area contributed by atoms with Crippen LogP contribution in [0, 0.1) is 0 Å². The Morgan fingerprint density at radius 2 is 0.818 bits per heavy atom. The molecular weight excluding hydrogens is 404 g/mol. The van der Waals surface area contributed by atoms with Crippen LogP contribution in [-0.2, 0) is 5.60 Å². The molecule has 5 aromatic carbocycles. The van der Waals surface area contributed by atoms with Crippen LogP contribution in [0.25, 0.3) is 0 Å². The molecule has 160 valence electrons. The first-order valence-electron chi connectivity index (χ1n) is 11.0. The van der Waals surface area contributed by atoms with Gasteiger partial charge in [-0.15, -0.1) is 0 Å². The molecule has 0 aliphatic rings. The lowest BCUT2D eigenvalue weighted by Crippen LogP contribution is -2.36. The molecule has 0 bridgehead atoms. The summed E-state index contributed by atoms with van der Waals surface area (Å²) in [6, 6.07) is 48.5. The highest BCUT2D eigenvalue weighted by Crippen LogP contribution is 2.45. The summed E-state index contributed by atoms with van der Waals surface area (Å²) >= 11 is 0. The van der Waals surface area contributed by atoms with Crippen molar-refractivity contribution in [1.82, 2.24) is 0 Å². The predicted molar refractivity (Wildman–Crippen MR) is 133 cm³/mol. The molecule has 0 fully saturated rings. The summed E-state index contributed by atoms with van der Waals surface area (Å²) in [6.07, 6.45) is 0. The van der Waals surface area contributed by atoms with E-state index in [1.165, 1.54) is 0 Å². The Hall–Kier alpha value is -4.30. The summed E-state index contributed by atoms with van der Waals surface area (Å²) < 4.78 is 13.4. The molecule has 0 amide bonds. The second kappa shape index (κ2) is 9.46. The molecule has 2 heteroatoms. The number of rotatable bonds is 7. The average Bonchev–Trinajstić information content (AvgIpc) is 2.90. The smallest absolute Gasteiger partial charge is 0.188 e. The van der Waals surface area contributed by atoms with E-state index in [1.807, 2.05) is 115 Å². The number of benzene rings is 5. The average molecular weight is 429 g/mol. The molecule has 0 unspecified atom stereocenters. The molecule has 5 rings (SSSR count). The molecule has 0 aliphatic heterocycles. The van der Waals surface area contributed by atoms with Gasteiger partial charge in [0.2, 0.25) is 0 Å². The van der Waals surface area contributed by atoms with Gasteiger partial charge >= 0.3 is 0 Å². The molecule has 5 aromatic rings. The molecule has 0 aromatic heterocycles. The third-order valence-corrected chi connectivity index (χ3v) is 5.61. The Labute approximate surface area is 194 Å². The number of hydrogen-bond donors (Lipinski definition) is 0. The quantitative estimate of drug-likeness (QED) is 0.246. The monoisotopic (exact) mass is 428 g/mol. The van der Waals surface area contributed by atoms with Crippen molar-refractivity contribution in [1.29, 1.82) is 0 Å². The Kier molecular flexibility index (Phi) is 5.90. The Balaban J connectivity index is 1.78. The van der Waals surface area contributed by atoms with Crippen LogP contribution in [-0.4, -0.2) is 0 Å². The third-order valence-electron chi connectivity index (χ3n) is 5.61. The first kappa shape index (κ1) is 20.6. The maximum absolute atomic E-state index is 6.96. The van der Waals surface area contributed by atoms with E-state index in [0.717, 1.165) is 33.9 Å². The largest absolute Gasteiger partial charge is 0.473 e. The minimum absolute atomic E-state index is 0.743. The van der Waals surface area contributed by atoms with Gasteiger partial charge in [0.15, 0.2) is 5.60 Å². The maximum Gasteiger partial charge on any atom is 0.188 e. The lowest BCUT2D eigenvalue weighted by atomic mass is 9.79. The van der Waals surface area contributed by atoms with Crippen molar-refractivity contribution in [3.8, 4) is 17.2 Å². The Bertz CT molecular complexity index is 1240. The molecule has 0 spiro atoms. The SMILES string of the molecule is c1ccc(Oc2ccccc2C(Oc2ccccc2)(c2ccccc2)c2ccccc2)cc1. The van der Waals surface area contributed by atoms with E-state index < -0.39 is 5.60 Å². The normalized spacial score (nSPS) is 11.0. The molecule has 33 heavy (non-hydrogen) atoms.